The highest BCUT2D eigenvalue weighted by Crippen LogP contribution is 2.40. The third-order valence-corrected chi connectivity index (χ3v) is 8.35. The first-order valence-corrected chi connectivity index (χ1v) is 14.1. The Balaban J connectivity index is 1.69. The van der Waals surface area contributed by atoms with E-state index >= 15 is 0 Å². The molecule has 0 N–H and O–H groups in total. The molecule has 0 saturated carbocycles. The Morgan fingerprint density at radius 2 is 1.56 bits per heavy atom. The highest BCUT2D eigenvalue weighted by Gasteiger charge is 2.36. The summed E-state index contributed by atoms with van der Waals surface area (Å²) in [6.07, 6.45) is 1.85. The van der Waals surface area contributed by atoms with Crippen LogP contribution >= 0.6 is 11.3 Å². The number of carbonyl (C=O) groups is 1. The summed E-state index contributed by atoms with van der Waals surface area (Å²) in [5.41, 5.74) is 2.05. The lowest BCUT2D eigenvalue weighted by Gasteiger charge is -2.27. The van der Waals surface area contributed by atoms with Gasteiger partial charge in [-0.2, -0.15) is 0 Å². The zero-order valence-corrected chi connectivity index (χ0v) is 24.0. The Morgan fingerprint density at radius 3 is 2.24 bits per heavy atom. The molecule has 8 heteroatoms. The number of hydrogen-bond donors (Lipinski definition) is 0. The summed E-state index contributed by atoms with van der Waals surface area (Å²) >= 11 is 1.28. The Kier molecular flexibility index (Phi) is 6.93. The third-order valence-electron chi connectivity index (χ3n) is 7.37. The minimum Gasteiger partial charge on any atom is -0.496 e. The van der Waals surface area contributed by atoms with Crippen molar-refractivity contribution in [3.63, 3.8) is 0 Å². The van der Waals surface area contributed by atoms with Crippen LogP contribution in [-0.4, -0.2) is 31.4 Å². The lowest BCUT2D eigenvalue weighted by molar-refractivity contribution is -0.139. The predicted molar refractivity (Wildman–Crippen MR) is 161 cm³/mol. The molecule has 41 heavy (non-hydrogen) atoms. The van der Waals surface area contributed by atoms with Crippen molar-refractivity contribution >= 4 is 44.9 Å². The summed E-state index contributed by atoms with van der Waals surface area (Å²) in [6, 6.07) is 22.8. The molecule has 206 valence electrons. The molecule has 0 saturated heterocycles. The number of hydrogen-bond acceptors (Lipinski definition) is 7. The minimum absolute atomic E-state index is 0.195. The van der Waals surface area contributed by atoms with Crippen molar-refractivity contribution in [3.8, 4) is 11.5 Å². The van der Waals surface area contributed by atoms with E-state index in [2.05, 4.69) is 0 Å². The second kappa shape index (κ2) is 10.7. The minimum atomic E-state index is -0.803. The average Bonchev–Trinajstić information content (AvgIpc) is 3.30. The second-order valence-corrected chi connectivity index (χ2v) is 10.6. The van der Waals surface area contributed by atoms with Gasteiger partial charge in [-0.25, -0.2) is 9.79 Å². The molecule has 0 bridgehead atoms. The topological polar surface area (TPSA) is 79.1 Å². The fraction of sp³-hybridized carbons (Fsp3) is 0.182. The summed E-state index contributed by atoms with van der Waals surface area (Å²) in [5, 5.41) is 3.84. The van der Waals surface area contributed by atoms with Gasteiger partial charge in [0, 0.05) is 11.1 Å². The number of thiazole rings is 1. The first-order valence-electron chi connectivity index (χ1n) is 13.3. The summed E-state index contributed by atoms with van der Waals surface area (Å²) in [5.74, 6) is 0.708. The average molecular weight is 565 g/mol. The Morgan fingerprint density at radius 1 is 0.927 bits per heavy atom. The maximum Gasteiger partial charge on any atom is 0.338 e. The van der Waals surface area contributed by atoms with Crippen LogP contribution in [0, 0.1) is 0 Å². The van der Waals surface area contributed by atoms with Crippen LogP contribution in [0.3, 0.4) is 0 Å². The largest absolute Gasteiger partial charge is 0.496 e. The molecular formula is C33H28N2O5S. The van der Waals surface area contributed by atoms with Gasteiger partial charge in [-0.05, 0) is 53.6 Å². The first-order chi connectivity index (χ1) is 20.0. The first kappa shape index (κ1) is 26.5. The van der Waals surface area contributed by atoms with Gasteiger partial charge in [0.05, 0.1) is 36.6 Å². The number of rotatable bonds is 6. The summed E-state index contributed by atoms with van der Waals surface area (Å²) in [6.45, 7) is 3.73. The van der Waals surface area contributed by atoms with E-state index in [0.29, 0.717) is 37.7 Å². The van der Waals surface area contributed by atoms with E-state index in [1.165, 1.54) is 11.3 Å². The number of aromatic nitrogens is 1. The number of methoxy groups -OCH3 is 2. The van der Waals surface area contributed by atoms with E-state index in [1.807, 2.05) is 78.9 Å². The van der Waals surface area contributed by atoms with Gasteiger partial charge in [-0.1, -0.05) is 72.0 Å². The van der Waals surface area contributed by atoms with Crippen LogP contribution in [0.1, 0.15) is 31.0 Å². The quantitative estimate of drug-likeness (QED) is 0.268. The molecule has 0 unspecified atom stereocenters. The van der Waals surface area contributed by atoms with Crippen LogP contribution in [0.4, 0.5) is 0 Å². The zero-order chi connectivity index (χ0) is 28.7. The molecule has 2 heterocycles. The smallest absolute Gasteiger partial charge is 0.338 e. The number of nitrogens with zero attached hydrogens (tertiary/aromatic N) is 2. The van der Waals surface area contributed by atoms with Crippen molar-refractivity contribution in [2.75, 3.05) is 20.8 Å². The molecule has 5 aromatic rings. The molecule has 1 aromatic heterocycles. The number of ether oxygens (including phenoxy) is 3. The van der Waals surface area contributed by atoms with Gasteiger partial charge < -0.3 is 14.2 Å². The molecule has 0 spiro atoms. The summed E-state index contributed by atoms with van der Waals surface area (Å²) < 4.78 is 19.1. The van der Waals surface area contributed by atoms with Crippen LogP contribution in [0.25, 0.3) is 27.6 Å². The van der Waals surface area contributed by atoms with Crippen LogP contribution in [-0.2, 0) is 9.53 Å². The third kappa shape index (κ3) is 4.40. The van der Waals surface area contributed by atoms with Crippen molar-refractivity contribution < 1.29 is 19.0 Å². The van der Waals surface area contributed by atoms with Crippen LogP contribution in [0.2, 0.25) is 0 Å². The molecule has 4 aromatic carbocycles. The van der Waals surface area contributed by atoms with E-state index in [-0.39, 0.29) is 12.2 Å². The van der Waals surface area contributed by atoms with Crippen molar-refractivity contribution in [1.82, 2.24) is 4.57 Å². The highest BCUT2D eigenvalue weighted by molar-refractivity contribution is 7.07. The van der Waals surface area contributed by atoms with E-state index in [0.717, 1.165) is 27.1 Å². The normalized spacial score (nSPS) is 15.1. The predicted octanol–water partition coefficient (Wildman–Crippen LogP) is 5.12. The lowest BCUT2D eigenvalue weighted by Crippen LogP contribution is -2.40. The number of carbonyl (C=O) groups excluding carboxylic acids is 1. The fourth-order valence-electron chi connectivity index (χ4n) is 5.53. The molecule has 0 amide bonds. The van der Waals surface area contributed by atoms with Crippen LogP contribution in [0.15, 0.2) is 93.9 Å². The Hall–Kier alpha value is -4.69. The molecule has 1 aliphatic rings. The standard InChI is InChI=1S/C33H28N2O5S/c1-5-40-32(37)28-19(2)34-33-35(30(28)29-23-13-9-7-11-21(23)15-17-26(29)39-4)31(36)27(41-33)18-24-22-12-8-6-10-20(22)14-16-25(24)38-3/h6-18,30H,5H2,1-4H3/b27-18-/t30-/m1/s1. The van der Waals surface area contributed by atoms with Crippen molar-refractivity contribution in [2.45, 2.75) is 19.9 Å². The van der Waals surface area contributed by atoms with Gasteiger partial charge in [-0.15, -0.1) is 0 Å². The maximum atomic E-state index is 14.3. The van der Waals surface area contributed by atoms with E-state index in [9.17, 15) is 9.59 Å². The molecule has 1 atom stereocenters. The zero-order valence-electron chi connectivity index (χ0n) is 23.1. The molecule has 1 aliphatic heterocycles. The summed E-state index contributed by atoms with van der Waals surface area (Å²) in [7, 11) is 3.20. The number of esters is 1. The van der Waals surface area contributed by atoms with E-state index in [4.69, 9.17) is 19.2 Å². The van der Waals surface area contributed by atoms with Crippen molar-refractivity contribution in [3.05, 3.63) is 115 Å². The molecule has 0 fully saturated rings. The van der Waals surface area contributed by atoms with Gasteiger partial charge in [-0.3, -0.25) is 9.36 Å². The van der Waals surface area contributed by atoms with Crippen molar-refractivity contribution in [1.29, 1.82) is 0 Å². The Labute approximate surface area is 240 Å². The molecule has 7 nitrogen and oxygen atoms in total. The van der Waals surface area contributed by atoms with Gasteiger partial charge in [0.25, 0.3) is 5.56 Å². The van der Waals surface area contributed by atoms with Gasteiger partial charge in [0.2, 0.25) is 0 Å². The Bertz CT molecular complexity index is 2050. The van der Waals surface area contributed by atoms with Gasteiger partial charge >= 0.3 is 5.97 Å². The lowest BCUT2D eigenvalue weighted by atomic mass is 9.90. The SMILES string of the molecule is CCOC(=O)C1=C(C)N=c2s/c(=C\c3c(OC)ccc4ccccc34)c(=O)n2[C@H]1c1c(OC)ccc2ccccc12. The fourth-order valence-corrected chi connectivity index (χ4v) is 6.56. The van der Waals surface area contributed by atoms with Gasteiger partial charge in [0.15, 0.2) is 4.80 Å². The van der Waals surface area contributed by atoms with Crippen LogP contribution in [0.5, 0.6) is 11.5 Å². The van der Waals surface area contributed by atoms with Gasteiger partial charge in [0.1, 0.15) is 17.5 Å². The maximum absolute atomic E-state index is 14.3. The highest BCUT2D eigenvalue weighted by atomic mass is 32.1. The molecule has 0 aliphatic carbocycles. The molecular weight excluding hydrogens is 536 g/mol. The molecule has 6 rings (SSSR count). The van der Waals surface area contributed by atoms with Crippen molar-refractivity contribution in [2.24, 2.45) is 4.99 Å². The van der Waals surface area contributed by atoms with Crippen LogP contribution < -0.4 is 24.4 Å². The monoisotopic (exact) mass is 564 g/mol. The molecule has 0 radical (unpaired) electrons. The number of allylic oxidation sites excluding steroid dienone is 1. The van der Waals surface area contributed by atoms with E-state index in [1.54, 1.807) is 32.6 Å². The summed E-state index contributed by atoms with van der Waals surface area (Å²) in [4.78, 5) is 33.0. The number of benzene rings is 4. The van der Waals surface area contributed by atoms with E-state index < -0.39 is 12.0 Å². The second-order valence-electron chi connectivity index (χ2n) is 9.61. The number of fused-ring (bicyclic) bond motifs is 3.